The smallest absolute Gasteiger partial charge is 0.167 e. The standard InChI is InChI=1S/C19H22ClNO3/c20-16-4-1-14(2-5-16)3-6-17(22)9-12-21-10-7-15(8-11-21)19(23)18-13-24-18/h1-6,15,18H,7-13H2/b6-3+. The quantitative estimate of drug-likeness (QED) is 0.562. The Balaban J connectivity index is 1.37. The van der Waals surface area contributed by atoms with Gasteiger partial charge in [0.05, 0.1) is 6.61 Å². The molecule has 2 fully saturated rings. The van der Waals surface area contributed by atoms with Gasteiger partial charge in [0, 0.05) is 23.9 Å². The molecule has 2 aliphatic rings. The van der Waals surface area contributed by atoms with Crippen molar-refractivity contribution in [1.29, 1.82) is 0 Å². The number of carbonyl (C=O) groups is 2. The Labute approximate surface area is 147 Å². The summed E-state index contributed by atoms with van der Waals surface area (Å²) in [7, 11) is 0. The molecule has 0 radical (unpaired) electrons. The van der Waals surface area contributed by atoms with Crippen molar-refractivity contribution in [1.82, 2.24) is 4.90 Å². The average molecular weight is 348 g/mol. The number of likely N-dealkylation sites (tertiary alicyclic amines) is 1. The van der Waals surface area contributed by atoms with E-state index in [0.717, 1.165) is 38.0 Å². The number of halogens is 1. The summed E-state index contributed by atoms with van der Waals surface area (Å²) in [6.07, 6.45) is 5.60. The van der Waals surface area contributed by atoms with Crippen molar-refractivity contribution in [3.05, 3.63) is 40.9 Å². The highest BCUT2D eigenvalue weighted by molar-refractivity contribution is 6.30. The predicted molar refractivity (Wildman–Crippen MR) is 94.0 cm³/mol. The Morgan fingerprint density at radius 1 is 1.21 bits per heavy atom. The third-order valence-electron chi connectivity index (χ3n) is 4.65. The molecular weight excluding hydrogens is 326 g/mol. The van der Waals surface area contributed by atoms with Crippen molar-refractivity contribution in [3.63, 3.8) is 0 Å². The zero-order valence-corrected chi connectivity index (χ0v) is 14.4. The van der Waals surface area contributed by atoms with E-state index in [1.807, 2.05) is 30.3 Å². The van der Waals surface area contributed by atoms with E-state index in [4.69, 9.17) is 16.3 Å². The average Bonchev–Trinajstić information content (AvgIpc) is 3.44. The zero-order valence-electron chi connectivity index (χ0n) is 13.6. The summed E-state index contributed by atoms with van der Waals surface area (Å²) in [6.45, 7) is 3.13. The summed E-state index contributed by atoms with van der Waals surface area (Å²) < 4.78 is 5.08. The minimum Gasteiger partial charge on any atom is -0.365 e. The molecule has 0 aromatic heterocycles. The van der Waals surface area contributed by atoms with Crippen LogP contribution >= 0.6 is 11.6 Å². The lowest BCUT2D eigenvalue weighted by Crippen LogP contribution is -2.38. The van der Waals surface area contributed by atoms with Gasteiger partial charge < -0.3 is 9.64 Å². The Hall–Kier alpha value is -1.49. The van der Waals surface area contributed by atoms with Gasteiger partial charge in [-0.3, -0.25) is 9.59 Å². The maximum absolute atomic E-state index is 12.0. The Kier molecular flexibility index (Phi) is 5.82. The molecule has 1 aromatic carbocycles. The van der Waals surface area contributed by atoms with E-state index in [0.29, 0.717) is 18.1 Å². The molecule has 1 unspecified atom stereocenters. The number of ether oxygens (including phenoxy) is 1. The van der Waals surface area contributed by atoms with Crippen molar-refractivity contribution in [3.8, 4) is 0 Å². The van der Waals surface area contributed by atoms with Gasteiger partial charge in [0.15, 0.2) is 11.6 Å². The Morgan fingerprint density at radius 2 is 1.88 bits per heavy atom. The lowest BCUT2D eigenvalue weighted by Gasteiger charge is -2.30. The van der Waals surface area contributed by atoms with Crippen LogP contribution in [0.15, 0.2) is 30.3 Å². The van der Waals surface area contributed by atoms with E-state index in [1.165, 1.54) is 0 Å². The van der Waals surface area contributed by atoms with E-state index < -0.39 is 0 Å². The number of carbonyl (C=O) groups excluding carboxylic acids is 2. The first-order chi connectivity index (χ1) is 11.6. The van der Waals surface area contributed by atoms with Gasteiger partial charge in [-0.05, 0) is 49.7 Å². The number of hydrogen-bond donors (Lipinski definition) is 0. The molecule has 0 spiro atoms. The van der Waals surface area contributed by atoms with Crippen molar-refractivity contribution < 1.29 is 14.3 Å². The largest absolute Gasteiger partial charge is 0.365 e. The minimum absolute atomic E-state index is 0.120. The molecule has 0 saturated carbocycles. The van der Waals surface area contributed by atoms with Crippen LogP contribution in [0.2, 0.25) is 5.02 Å². The van der Waals surface area contributed by atoms with Crippen LogP contribution in [0.25, 0.3) is 6.08 Å². The number of benzene rings is 1. The third-order valence-corrected chi connectivity index (χ3v) is 4.90. The normalized spacial score (nSPS) is 22.0. The van der Waals surface area contributed by atoms with Gasteiger partial charge in [0.2, 0.25) is 0 Å². The molecule has 2 heterocycles. The van der Waals surface area contributed by atoms with Crippen molar-refractivity contribution in [2.45, 2.75) is 25.4 Å². The number of hydrogen-bond acceptors (Lipinski definition) is 4. The summed E-state index contributed by atoms with van der Waals surface area (Å²) >= 11 is 5.84. The highest BCUT2D eigenvalue weighted by atomic mass is 35.5. The summed E-state index contributed by atoms with van der Waals surface area (Å²) in [5.41, 5.74) is 0.967. The van der Waals surface area contributed by atoms with Crippen LogP contribution in [-0.4, -0.2) is 48.8 Å². The second kappa shape index (κ2) is 8.06. The summed E-state index contributed by atoms with van der Waals surface area (Å²) in [6, 6.07) is 7.39. The van der Waals surface area contributed by atoms with Crippen LogP contribution in [-0.2, 0) is 14.3 Å². The maximum Gasteiger partial charge on any atom is 0.167 e. The van der Waals surface area contributed by atoms with E-state index >= 15 is 0 Å². The third kappa shape index (κ3) is 5.00. The topological polar surface area (TPSA) is 49.9 Å². The number of ketones is 2. The van der Waals surface area contributed by atoms with Gasteiger partial charge in [0.1, 0.15) is 6.10 Å². The molecule has 0 aliphatic carbocycles. The molecule has 0 bridgehead atoms. The predicted octanol–water partition coefficient (Wildman–Crippen LogP) is 2.99. The number of nitrogens with zero attached hydrogens (tertiary/aromatic N) is 1. The minimum atomic E-state index is -0.124. The summed E-state index contributed by atoms with van der Waals surface area (Å²) in [5.74, 6) is 0.542. The molecule has 4 nitrogen and oxygen atoms in total. The fraction of sp³-hybridized carbons (Fsp3) is 0.474. The monoisotopic (exact) mass is 347 g/mol. The van der Waals surface area contributed by atoms with Gasteiger partial charge in [-0.2, -0.15) is 0 Å². The molecule has 24 heavy (non-hydrogen) atoms. The number of piperidine rings is 1. The molecule has 2 aliphatic heterocycles. The van der Waals surface area contributed by atoms with E-state index in [1.54, 1.807) is 6.08 Å². The Morgan fingerprint density at radius 3 is 2.50 bits per heavy atom. The number of rotatable bonds is 7. The summed E-state index contributed by atoms with van der Waals surface area (Å²) in [5, 5.41) is 0.689. The van der Waals surface area contributed by atoms with E-state index in [-0.39, 0.29) is 23.6 Å². The summed E-state index contributed by atoms with van der Waals surface area (Å²) in [4.78, 5) is 26.2. The van der Waals surface area contributed by atoms with E-state index in [2.05, 4.69) is 4.90 Å². The van der Waals surface area contributed by atoms with Gasteiger partial charge in [-0.25, -0.2) is 0 Å². The van der Waals surface area contributed by atoms with E-state index in [9.17, 15) is 9.59 Å². The number of epoxide rings is 1. The first kappa shape index (κ1) is 17.3. The van der Waals surface area contributed by atoms with Crippen LogP contribution in [0.4, 0.5) is 0 Å². The highest BCUT2D eigenvalue weighted by Crippen LogP contribution is 2.24. The number of allylic oxidation sites excluding steroid dienone is 1. The fourth-order valence-electron chi connectivity index (χ4n) is 3.03. The highest BCUT2D eigenvalue weighted by Gasteiger charge is 2.37. The molecule has 1 atom stereocenters. The SMILES string of the molecule is O=C(/C=C/c1ccc(Cl)cc1)CCN1CCC(C(=O)C2CO2)CC1. The van der Waals surface area contributed by atoms with Crippen molar-refractivity contribution >= 4 is 29.2 Å². The lowest BCUT2D eigenvalue weighted by atomic mass is 9.91. The maximum atomic E-state index is 12.0. The van der Waals surface area contributed by atoms with Crippen LogP contribution in [0.5, 0.6) is 0 Å². The van der Waals surface area contributed by atoms with Crippen LogP contribution < -0.4 is 0 Å². The van der Waals surface area contributed by atoms with Gasteiger partial charge in [-0.1, -0.05) is 29.8 Å². The molecule has 0 N–H and O–H groups in total. The first-order valence-corrected chi connectivity index (χ1v) is 8.84. The molecule has 1 aromatic rings. The molecule has 0 amide bonds. The van der Waals surface area contributed by atoms with Gasteiger partial charge in [-0.15, -0.1) is 0 Å². The Bertz CT molecular complexity index is 614. The zero-order chi connectivity index (χ0) is 16.9. The van der Waals surface area contributed by atoms with Gasteiger partial charge in [0.25, 0.3) is 0 Å². The molecule has 5 heteroatoms. The first-order valence-electron chi connectivity index (χ1n) is 8.46. The second-order valence-corrected chi connectivity index (χ2v) is 6.88. The van der Waals surface area contributed by atoms with Crippen LogP contribution in [0.1, 0.15) is 24.8 Å². The van der Waals surface area contributed by atoms with Gasteiger partial charge >= 0.3 is 0 Å². The fourth-order valence-corrected chi connectivity index (χ4v) is 3.16. The molecular formula is C19H22ClNO3. The molecule has 128 valence electrons. The lowest BCUT2D eigenvalue weighted by molar-refractivity contribution is -0.125. The van der Waals surface area contributed by atoms with Crippen molar-refractivity contribution in [2.24, 2.45) is 5.92 Å². The van der Waals surface area contributed by atoms with Crippen LogP contribution in [0, 0.1) is 5.92 Å². The molecule has 3 rings (SSSR count). The number of Topliss-reactive ketones (excluding diaryl/α,β-unsaturated/α-hetero) is 1. The molecule has 2 saturated heterocycles. The van der Waals surface area contributed by atoms with Crippen LogP contribution in [0.3, 0.4) is 0 Å². The second-order valence-electron chi connectivity index (χ2n) is 6.44. The van der Waals surface area contributed by atoms with Crippen molar-refractivity contribution in [2.75, 3.05) is 26.2 Å².